The zero-order chi connectivity index (χ0) is 10.9. The Bertz CT molecular complexity index is 344. The molecule has 2 nitrogen and oxygen atoms in total. The number of hydrogen-bond acceptors (Lipinski definition) is 2. The van der Waals surface area contributed by atoms with Crippen LogP contribution in [0.2, 0.25) is 5.02 Å². The van der Waals surface area contributed by atoms with Gasteiger partial charge in [-0.2, -0.15) is 0 Å². The minimum Gasteiger partial charge on any atom is -0.391 e. The lowest BCUT2D eigenvalue weighted by atomic mass is 10.0. The third-order valence-electron chi connectivity index (χ3n) is 1.93. The summed E-state index contributed by atoms with van der Waals surface area (Å²) < 4.78 is 26.5. The van der Waals surface area contributed by atoms with Gasteiger partial charge in [0, 0.05) is 5.56 Å². The van der Waals surface area contributed by atoms with Gasteiger partial charge in [-0.3, -0.25) is 0 Å². The van der Waals surface area contributed by atoms with Crippen LogP contribution in [0.3, 0.4) is 0 Å². The Labute approximate surface area is 85.3 Å². The molecular weight excluding hydrogens is 212 g/mol. The Morgan fingerprint density at radius 2 is 2.00 bits per heavy atom. The molecule has 2 atom stereocenters. The summed E-state index contributed by atoms with van der Waals surface area (Å²) in [6.07, 6.45) is -1.04. The molecule has 1 aromatic carbocycles. The fourth-order valence-corrected chi connectivity index (χ4v) is 1.25. The molecule has 0 spiro atoms. The number of rotatable bonds is 2. The smallest absolute Gasteiger partial charge is 0.149 e. The SMILES string of the molecule is C[C@@H](O)[C@H](N)c1c(F)ccc(Cl)c1F. The molecule has 5 heteroatoms. The molecule has 14 heavy (non-hydrogen) atoms. The first-order valence-corrected chi connectivity index (χ1v) is 4.40. The van der Waals surface area contributed by atoms with E-state index in [2.05, 4.69) is 0 Å². The van der Waals surface area contributed by atoms with Crippen molar-refractivity contribution in [2.45, 2.75) is 19.1 Å². The molecule has 1 rings (SSSR count). The minimum absolute atomic E-state index is 0.211. The van der Waals surface area contributed by atoms with Gasteiger partial charge >= 0.3 is 0 Å². The molecule has 0 bridgehead atoms. The zero-order valence-corrected chi connectivity index (χ0v) is 8.22. The fourth-order valence-electron chi connectivity index (χ4n) is 1.09. The molecule has 0 amide bonds. The Morgan fingerprint density at radius 1 is 1.43 bits per heavy atom. The predicted molar refractivity (Wildman–Crippen MR) is 50.0 cm³/mol. The molecule has 78 valence electrons. The van der Waals surface area contributed by atoms with Crippen LogP contribution in [0.1, 0.15) is 18.5 Å². The van der Waals surface area contributed by atoms with Crippen molar-refractivity contribution < 1.29 is 13.9 Å². The summed E-state index contributed by atoms with van der Waals surface area (Å²) in [5.41, 5.74) is 5.04. The minimum atomic E-state index is -1.12. The Hall–Kier alpha value is -0.710. The van der Waals surface area contributed by atoms with E-state index in [1.807, 2.05) is 0 Å². The predicted octanol–water partition coefficient (Wildman–Crippen LogP) is 2.00. The van der Waals surface area contributed by atoms with Crippen LogP contribution < -0.4 is 5.73 Å². The lowest BCUT2D eigenvalue weighted by molar-refractivity contribution is 0.160. The molecule has 0 aromatic heterocycles. The van der Waals surface area contributed by atoms with Gasteiger partial charge in [0.15, 0.2) is 0 Å². The topological polar surface area (TPSA) is 46.2 Å². The van der Waals surface area contributed by atoms with Crippen molar-refractivity contribution in [3.63, 3.8) is 0 Å². The van der Waals surface area contributed by atoms with Crippen molar-refractivity contribution in [3.05, 3.63) is 34.4 Å². The summed E-state index contributed by atoms with van der Waals surface area (Å²) in [7, 11) is 0. The molecule has 0 unspecified atom stereocenters. The van der Waals surface area contributed by atoms with E-state index in [0.717, 1.165) is 12.1 Å². The van der Waals surface area contributed by atoms with Crippen molar-refractivity contribution in [1.29, 1.82) is 0 Å². The van der Waals surface area contributed by atoms with Crippen LogP contribution in [-0.2, 0) is 0 Å². The van der Waals surface area contributed by atoms with Crippen LogP contribution in [0, 0.1) is 11.6 Å². The van der Waals surface area contributed by atoms with Gasteiger partial charge in [-0.25, -0.2) is 8.78 Å². The van der Waals surface area contributed by atoms with E-state index in [1.165, 1.54) is 6.92 Å². The van der Waals surface area contributed by atoms with Crippen molar-refractivity contribution in [3.8, 4) is 0 Å². The number of hydrogen-bond donors (Lipinski definition) is 2. The normalized spacial score (nSPS) is 15.3. The summed E-state index contributed by atoms with van der Waals surface area (Å²) >= 11 is 5.46. The van der Waals surface area contributed by atoms with Crippen molar-refractivity contribution in [2.75, 3.05) is 0 Å². The summed E-state index contributed by atoms with van der Waals surface area (Å²) in [5, 5.41) is 8.90. The maximum Gasteiger partial charge on any atom is 0.149 e. The van der Waals surface area contributed by atoms with E-state index in [1.54, 1.807) is 0 Å². The van der Waals surface area contributed by atoms with E-state index in [-0.39, 0.29) is 10.6 Å². The van der Waals surface area contributed by atoms with Crippen LogP contribution in [0.4, 0.5) is 8.78 Å². The highest BCUT2D eigenvalue weighted by Crippen LogP contribution is 2.26. The van der Waals surface area contributed by atoms with E-state index >= 15 is 0 Å². The summed E-state index contributed by atoms with van der Waals surface area (Å²) in [6.45, 7) is 1.35. The van der Waals surface area contributed by atoms with E-state index in [4.69, 9.17) is 22.4 Å². The second-order valence-electron chi connectivity index (χ2n) is 3.02. The van der Waals surface area contributed by atoms with Gasteiger partial charge in [-0.1, -0.05) is 11.6 Å². The second-order valence-corrected chi connectivity index (χ2v) is 3.43. The Kier molecular flexibility index (Phi) is 3.42. The van der Waals surface area contributed by atoms with E-state index < -0.39 is 23.8 Å². The molecule has 0 radical (unpaired) electrons. The van der Waals surface area contributed by atoms with Gasteiger partial charge in [0.05, 0.1) is 17.2 Å². The largest absolute Gasteiger partial charge is 0.391 e. The molecule has 0 heterocycles. The highest BCUT2D eigenvalue weighted by Gasteiger charge is 2.22. The van der Waals surface area contributed by atoms with Gasteiger partial charge in [-0.05, 0) is 19.1 Å². The molecule has 0 aliphatic heterocycles. The summed E-state index contributed by atoms with van der Waals surface area (Å²) in [6, 6.07) is 1.00. The van der Waals surface area contributed by atoms with Gasteiger partial charge in [0.2, 0.25) is 0 Å². The molecular formula is C9H10ClF2NO. The van der Waals surface area contributed by atoms with Crippen molar-refractivity contribution >= 4 is 11.6 Å². The average Bonchev–Trinajstić information content (AvgIpc) is 2.12. The zero-order valence-electron chi connectivity index (χ0n) is 7.47. The quantitative estimate of drug-likeness (QED) is 0.751. The third kappa shape index (κ3) is 2.03. The number of nitrogens with two attached hydrogens (primary N) is 1. The van der Waals surface area contributed by atoms with Gasteiger partial charge < -0.3 is 10.8 Å². The van der Waals surface area contributed by atoms with Gasteiger partial charge in [0.1, 0.15) is 11.6 Å². The first-order chi connectivity index (χ1) is 6.45. The van der Waals surface area contributed by atoms with Crippen molar-refractivity contribution in [2.24, 2.45) is 5.73 Å². The molecule has 0 saturated heterocycles. The first kappa shape index (κ1) is 11.4. The Morgan fingerprint density at radius 3 is 2.50 bits per heavy atom. The lowest BCUT2D eigenvalue weighted by Gasteiger charge is -2.16. The Balaban J connectivity index is 3.25. The molecule has 1 aromatic rings. The third-order valence-corrected chi connectivity index (χ3v) is 2.22. The number of halogens is 3. The second kappa shape index (κ2) is 4.21. The molecule has 0 aliphatic rings. The maximum absolute atomic E-state index is 13.3. The van der Waals surface area contributed by atoms with Crippen LogP contribution in [-0.4, -0.2) is 11.2 Å². The molecule has 3 N–H and O–H groups in total. The molecule has 0 fully saturated rings. The number of aliphatic hydroxyl groups excluding tert-OH is 1. The monoisotopic (exact) mass is 221 g/mol. The van der Waals surface area contributed by atoms with Gasteiger partial charge in [-0.15, -0.1) is 0 Å². The van der Waals surface area contributed by atoms with Crippen LogP contribution in [0.5, 0.6) is 0 Å². The lowest BCUT2D eigenvalue weighted by Crippen LogP contribution is -2.25. The maximum atomic E-state index is 13.3. The summed E-state index contributed by atoms with van der Waals surface area (Å²) in [4.78, 5) is 0. The first-order valence-electron chi connectivity index (χ1n) is 4.02. The standard InChI is InChI=1S/C9H10ClF2NO/c1-4(14)9(13)7-6(11)3-2-5(10)8(7)12/h2-4,9,14H,13H2,1H3/t4-,9+/m1/s1. The van der Waals surface area contributed by atoms with Gasteiger partial charge in [0.25, 0.3) is 0 Å². The van der Waals surface area contributed by atoms with Crippen LogP contribution >= 0.6 is 11.6 Å². The van der Waals surface area contributed by atoms with E-state index in [0.29, 0.717) is 0 Å². The average molecular weight is 222 g/mol. The fraction of sp³-hybridized carbons (Fsp3) is 0.333. The van der Waals surface area contributed by atoms with Crippen LogP contribution in [0.25, 0.3) is 0 Å². The molecule has 0 aliphatic carbocycles. The number of benzene rings is 1. The number of aliphatic hydroxyl groups is 1. The van der Waals surface area contributed by atoms with E-state index in [9.17, 15) is 8.78 Å². The summed E-state index contributed by atoms with van der Waals surface area (Å²) in [5.74, 6) is -1.72. The van der Waals surface area contributed by atoms with Crippen molar-refractivity contribution in [1.82, 2.24) is 0 Å². The highest BCUT2D eigenvalue weighted by atomic mass is 35.5. The van der Waals surface area contributed by atoms with Crippen LogP contribution in [0.15, 0.2) is 12.1 Å². The highest BCUT2D eigenvalue weighted by molar-refractivity contribution is 6.30. The molecule has 0 saturated carbocycles.